The standard InChI is InChI=1S/C9H19N3O3/c1-5(2)12-8(13)6(3)11-4-7(10)9(14)15/h5-7,11H,4,10H2,1-3H3,(H,12,13)(H,14,15). The molecule has 1 amide bonds. The Bertz CT molecular complexity index is 231. The number of nitrogens with one attached hydrogen (secondary N) is 2. The van der Waals surface area contributed by atoms with Gasteiger partial charge in [-0.1, -0.05) is 0 Å². The van der Waals surface area contributed by atoms with E-state index < -0.39 is 18.1 Å². The third-order valence-electron chi connectivity index (χ3n) is 1.79. The third kappa shape index (κ3) is 6.03. The lowest BCUT2D eigenvalue weighted by Crippen LogP contribution is -2.49. The fraction of sp³-hybridized carbons (Fsp3) is 0.778. The molecule has 0 bridgehead atoms. The maximum absolute atomic E-state index is 11.4. The SMILES string of the molecule is CC(C)NC(=O)C(C)NCC(N)C(=O)O. The molecule has 0 heterocycles. The molecular weight excluding hydrogens is 198 g/mol. The van der Waals surface area contributed by atoms with E-state index in [4.69, 9.17) is 10.8 Å². The van der Waals surface area contributed by atoms with Gasteiger partial charge in [0.15, 0.2) is 0 Å². The zero-order chi connectivity index (χ0) is 12.0. The van der Waals surface area contributed by atoms with Crippen molar-refractivity contribution in [1.29, 1.82) is 0 Å². The van der Waals surface area contributed by atoms with Gasteiger partial charge in [0.2, 0.25) is 5.91 Å². The number of hydrogen-bond donors (Lipinski definition) is 4. The molecule has 0 rings (SSSR count). The van der Waals surface area contributed by atoms with Gasteiger partial charge in [0.25, 0.3) is 0 Å². The molecule has 6 nitrogen and oxygen atoms in total. The van der Waals surface area contributed by atoms with Crippen LogP contribution in [0.2, 0.25) is 0 Å². The van der Waals surface area contributed by atoms with Crippen LogP contribution in [-0.2, 0) is 9.59 Å². The highest BCUT2D eigenvalue weighted by molar-refractivity contribution is 5.81. The fourth-order valence-electron chi connectivity index (χ4n) is 0.893. The Labute approximate surface area is 89.2 Å². The molecule has 2 atom stereocenters. The van der Waals surface area contributed by atoms with E-state index >= 15 is 0 Å². The van der Waals surface area contributed by atoms with Gasteiger partial charge >= 0.3 is 5.97 Å². The van der Waals surface area contributed by atoms with E-state index in [9.17, 15) is 9.59 Å². The van der Waals surface area contributed by atoms with Gasteiger partial charge in [-0.2, -0.15) is 0 Å². The molecule has 15 heavy (non-hydrogen) atoms. The van der Waals surface area contributed by atoms with Crippen LogP contribution in [0.1, 0.15) is 20.8 Å². The minimum absolute atomic E-state index is 0.0647. The number of carbonyl (C=O) groups is 2. The summed E-state index contributed by atoms with van der Waals surface area (Å²) in [6.45, 7) is 5.44. The molecule has 88 valence electrons. The van der Waals surface area contributed by atoms with E-state index in [1.807, 2.05) is 13.8 Å². The van der Waals surface area contributed by atoms with Gasteiger partial charge in [-0.05, 0) is 20.8 Å². The Morgan fingerprint density at radius 3 is 2.27 bits per heavy atom. The Hall–Kier alpha value is -1.14. The molecule has 0 spiro atoms. The molecule has 0 saturated heterocycles. The fourth-order valence-corrected chi connectivity index (χ4v) is 0.893. The van der Waals surface area contributed by atoms with E-state index in [0.29, 0.717) is 0 Å². The molecule has 0 aromatic rings. The first-order valence-corrected chi connectivity index (χ1v) is 4.86. The van der Waals surface area contributed by atoms with Crippen LogP contribution in [0.4, 0.5) is 0 Å². The lowest BCUT2D eigenvalue weighted by molar-refractivity contribution is -0.138. The molecule has 5 N–H and O–H groups in total. The van der Waals surface area contributed by atoms with Crippen LogP contribution in [0.25, 0.3) is 0 Å². The molecular formula is C9H19N3O3. The third-order valence-corrected chi connectivity index (χ3v) is 1.79. The summed E-state index contributed by atoms with van der Waals surface area (Å²) in [5, 5.41) is 14.0. The largest absolute Gasteiger partial charge is 0.480 e. The Morgan fingerprint density at radius 2 is 1.87 bits per heavy atom. The van der Waals surface area contributed by atoms with Crippen LogP contribution in [0.5, 0.6) is 0 Å². The van der Waals surface area contributed by atoms with Crippen molar-refractivity contribution >= 4 is 11.9 Å². The second-order valence-corrected chi connectivity index (χ2v) is 3.74. The zero-order valence-electron chi connectivity index (χ0n) is 9.28. The Kier molecular flexibility index (Phi) is 5.88. The van der Waals surface area contributed by atoms with Crippen molar-refractivity contribution in [2.24, 2.45) is 5.73 Å². The lowest BCUT2D eigenvalue weighted by atomic mass is 10.2. The normalized spacial score (nSPS) is 14.7. The van der Waals surface area contributed by atoms with Crippen LogP contribution in [0, 0.1) is 0 Å². The van der Waals surface area contributed by atoms with E-state index in [1.54, 1.807) is 6.92 Å². The van der Waals surface area contributed by atoms with Crippen molar-refractivity contribution in [3.63, 3.8) is 0 Å². The van der Waals surface area contributed by atoms with E-state index in [-0.39, 0.29) is 18.5 Å². The quantitative estimate of drug-likeness (QED) is 0.452. The van der Waals surface area contributed by atoms with Crippen molar-refractivity contribution in [2.75, 3.05) is 6.54 Å². The molecule has 0 aromatic heterocycles. The molecule has 0 fully saturated rings. The molecule has 0 radical (unpaired) electrons. The minimum atomic E-state index is -1.08. The van der Waals surface area contributed by atoms with Gasteiger partial charge in [0.05, 0.1) is 6.04 Å². The molecule has 0 aliphatic carbocycles. The summed E-state index contributed by atoms with van der Waals surface area (Å²) in [4.78, 5) is 21.8. The number of amides is 1. The average molecular weight is 217 g/mol. The highest BCUT2D eigenvalue weighted by Crippen LogP contribution is 1.86. The summed E-state index contributed by atoms with van der Waals surface area (Å²) in [6.07, 6.45) is 0. The van der Waals surface area contributed by atoms with Crippen LogP contribution in [-0.4, -0.2) is 41.7 Å². The van der Waals surface area contributed by atoms with Gasteiger partial charge in [-0.3, -0.25) is 9.59 Å². The number of hydrogen-bond acceptors (Lipinski definition) is 4. The number of carboxylic acid groups (broad SMARTS) is 1. The molecule has 0 aliphatic heterocycles. The highest BCUT2D eigenvalue weighted by atomic mass is 16.4. The number of aliphatic carboxylic acids is 1. The maximum Gasteiger partial charge on any atom is 0.321 e. The number of nitrogens with two attached hydrogens (primary N) is 1. The predicted octanol–water partition coefficient (Wildman–Crippen LogP) is -1.10. The summed E-state index contributed by atoms with van der Waals surface area (Å²) in [5.41, 5.74) is 5.27. The Balaban J connectivity index is 3.87. The van der Waals surface area contributed by atoms with Crippen LogP contribution >= 0.6 is 0 Å². The average Bonchev–Trinajstić information content (AvgIpc) is 2.12. The van der Waals surface area contributed by atoms with Crippen molar-refractivity contribution < 1.29 is 14.7 Å². The van der Waals surface area contributed by atoms with Crippen molar-refractivity contribution in [3.05, 3.63) is 0 Å². The van der Waals surface area contributed by atoms with Gasteiger partial charge < -0.3 is 21.5 Å². The van der Waals surface area contributed by atoms with Gasteiger partial charge in [0, 0.05) is 12.6 Å². The molecule has 0 aromatic carbocycles. The predicted molar refractivity (Wildman–Crippen MR) is 56.4 cm³/mol. The summed E-state index contributed by atoms with van der Waals surface area (Å²) in [6, 6.07) is -1.37. The van der Waals surface area contributed by atoms with Crippen molar-refractivity contribution in [2.45, 2.75) is 38.9 Å². The van der Waals surface area contributed by atoms with Gasteiger partial charge in [0.1, 0.15) is 6.04 Å². The van der Waals surface area contributed by atoms with Gasteiger partial charge in [-0.15, -0.1) is 0 Å². The van der Waals surface area contributed by atoms with E-state index in [1.165, 1.54) is 0 Å². The summed E-state index contributed by atoms with van der Waals surface area (Å²) in [7, 11) is 0. The molecule has 0 saturated carbocycles. The second kappa shape index (κ2) is 6.36. The van der Waals surface area contributed by atoms with Crippen molar-refractivity contribution in [3.8, 4) is 0 Å². The van der Waals surface area contributed by atoms with Crippen molar-refractivity contribution in [1.82, 2.24) is 10.6 Å². The smallest absolute Gasteiger partial charge is 0.321 e. The van der Waals surface area contributed by atoms with Crippen LogP contribution in [0.3, 0.4) is 0 Å². The summed E-state index contributed by atoms with van der Waals surface area (Å²) < 4.78 is 0. The molecule has 6 heteroatoms. The number of rotatable bonds is 6. The van der Waals surface area contributed by atoms with E-state index in [2.05, 4.69) is 10.6 Å². The topological polar surface area (TPSA) is 104 Å². The second-order valence-electron chi connectivity index (χ2n) is 3.74. The summed E-state index contributed by atoms with van der Waals surface area (Å²) >= 11 is 0. The van der Waals surface area contributed by atoms with E-state index in [0.717, 1.165) is 0 Å². The highest BCUT2D eigenvalue weighted by Gasteiger charge is 2.16. The zero-order valence-corrected chi connectivity index (χ0v) is 9.28. The monoisotopic (exact) mass is 217 g/mol. The van der Waals surface area contributed by atoms with Crippen LogP contribution < -0.4 is 16.4 Å². The number of carbonyl (C=O) groups excluding carboxylic acids is 1. The lowest BCUT2D eigenvalue weighted by Gasteiger charge is -2.17. The molecule has 2 unspecified atom stereocenters. The van der Waals surface area contributed by atoms with Crippen LogP contribution in [0.15, 0.2) is 0 Å². The Morgan fingerprint density at radius 1 is 1.33 bits per heavy atom. The number of carboxylic acids is 1. The maximum atomic E-state index is 11.4. The molecule has 0 aliphatic rings. The minimum Gasteiger partial charge on any atom is -0.480 e. The summed E-state index contributed by atoms with van der Waals surface area (Å²) in [5.74, 6) is -1.25. The van der Waals surface area contributed by atoms with Gasteiger partial charge in [-0.25, -0.2) is 0 Å². The first-order valence-electron chi connectivity index (χ1n) is 4.86. The first-order chi connectivity index (χ1) is 6.84. The first kappa shape index (κ1) is 13.9.